The molecule has 0 atom stereocenters. The van der Waals surface area contributed by atoms with Crippen LogP contribution in [-0.4, -0.2) is 35.6 Å². The third-order valence-electron chi connectivity index (χ3n) is 5.86. The molecule has 1 aliphatic heterocycles. The molecule has 8 nitrogen and oxygen atoms in total. The van der Waals surface area contributed by atoms with Gasteiger partial charge in [-0.3, -0.25) is 10.1 Å². The number of carbonyl (C=O) groups is 1. The van der Waals surface area contributed by atoms with Gasteiger partial charge in [-0.05, 0) is 41.0 Å². The van der Waals surface area contributed by atoms with Crippen molar-refractivity contribution in [3.8, 4) is 16.9 Å². The number of aromatic amines is 1. The normalized spacial score (nSPS) is 12.7. The summed E-state index contributed by atoms with van der Waals surface area (Å²) < 4.78 is 48.4. The lowest BCUT2D eigenvalue weighted by Gasteiger charge is -2.15. The highest BCUT2D eigenvalue weighted by molar-refractivity contribution is 6.01. The van der Waals surface area contributed by atoms with Crippen molar-refractivity contribution in [2.45, 2.75) is 19.2 Å². The number of aromatic nitrogens is 2. The van der Waals surface area contributed by atoms with E-state index in [0.717, 1.165) is 5.56 Å². The van der Waals surface area contributed by atoms with E-state index in [2.05, 4.69) is 30.0 Å². The molecule has 0 unspecified atom stereocenters. The minimum absolute atomic E-state index is 0.205. The lowest BCUT2D eigenvalue weighted by atomic mass is 9.97. The Morgan fingerprint density at radius 2 is 1.86 bits per heavy atom. The lowest BCUT2D eigenvalue weighted by molar-refractivity contribution is -0.274. The Morgan fingerprint density at radius 3 is 2.62 bits per heavy atom. The number of nitrogens with one attached hydrogen (secondary N) is 2. The van der Waals surface area contributed by atoms with Gasteiger partial charge in [-0.25, -0.2) is 14.9 Å². The van der Waals surface area contributed by atoms with E-state index in [-0.39, 0.29) is 23.3 Å². The molecule has 5 rings (SSSR count). The maximum absolute atomic E-state index is 13.2. The van der Waals surface area contributed by atoms with Crippen LogP contribution in [0.2, 0.25) is 0 Å². The molecule has 0 saturated heterocycles. The van der Waals surface area contributed by atoms with Gasteiger partial charge in [-0.15, -0.1) is 13.2 Å². The van der Waals surface area contributed by atoms with Crippen molar-refractivity contribution in [1.29, 1.82) is 0 Å². The molecule has 0 radical (unpaired) electrons. The summed E-state index contributed by atoms with van der Waals surface area (Å²) in [6.45, 7) is 0. The predicted octanol–water partition coefficient (Wildman–Crippen LogP) is 5.02. The van der Waals surface area contributed by atoms with E-state index < -0.39 is 12.5 Å². The number of alkyl carbamates (subject to hydrolysis) is 1. The van der Waals surface area contributed by atoms with Gasteiger partial charge in [-0.2, -0.15) is 5.10 Å². The van der Waals surface area contributed by atoms with Crippen molar-refractivity contribution in [1.82, 2.24) is 15.5 Å². The van der Waals surface area contributed by atoms with Gasteiger partial charge in [-0.1, -0.05) is 36.4 Å². The summed E-state index contributed by atoms with van der Waals surface area (Å²) in [6, 6.07) is 16.4. The molecule has 3 aromatic carbocycles. The standard InChI is InChI=1S/C26H19F3N4O4/c1-36-25(35)31-23-13-16-8-7-15(12-20(16)30-23)19-10-14(6-9-22(19)37-26(27,28)29)11-21-17-4-2-3-5-18(17)24(34)33-32-21/h2-10,12H,11,13H2,1H3,(H,33,34)(H,30,31,35). The Labute approximate surface area is 207 Å². The zero-order valence-corrected chi connectivity index (χ0v) is 19.3. The maximum Gasteiger partial charge on any atom is 0.573 e. The average Bonchev–Trinajstić information content (AvgIpc) is 3.27. The fourth-order valence-corrected chi connectivity index (χ4v) is 4.22. The number of H-pyrrole nitrogens is 1. The number of amidine groups is 1. The van der Waals surface area contributed by atoms with E-state index in [0.29, 0.717) is 45.5 Å². The molecule has 37 heavy (non-hydrogen) atoms. The largest absolute Gasteiger partial charge is 0.573 e. The van der Waals surface area contributed by atoms with Crippen LogP contribution in [0, 0.1) is 0 Å². The molecule has 0 bridgehead atoms. The zero-order valence-electron chi connectivity index (χ0n) is 19.3. The Hall–Kier alpha value is -4.67. The van der Waals surface area contributed by atoms with Crippen LogP contribution in [-0.2, 0) is 17.6 Å². The first kappa shape index (κ1) is 24.0. The molecule has 1 amide bonds. The van der Waals surface area contributed by atoms with E-state index in [1.54, 1.807) is 48.5 Å². The predicted molar refractivity (Wildman–Crippen MR) is 130 cm³/mol. The molecule has 2 heterocycles. The number of ether oxygens (including phenoxy) is 2. The van der Waals surface area contributed by atoms with Crippen LogP contribution in [0.15, 0.2) is 70.5 Å². The van der Waals surface area contributed by atoms with Gasteiger partial charge in [0, 0.05) is 23.8 Å². The summed E-state index contributed by atoms with van der Waals surface area (Å²) in [5.41, 5.74) is 2.87. The number of rotatable bonds is 4. The number of aliphatic imine (C=N–C) groups is 1. The van der Waals surface area contributed by atoms with E-state index in [1.165, 1.54) is 19.2 Å². The molecule has 1 aromatic heterocycles. The van der Waals surface area contributed by atoms with Gasteiger partial charge in [0.1, 0.15) is 11.6 Å². The average molecular weight is 508 g/mol. The number of methoxy groups -OCH3 is 1. The quantitative estimate of drug-likeness (QED) is 0.403. The summed E-state index contributed by atoms with van der Waals surface area (Å²) in [4.78, 5) is 28.0. The molecule has 0 aliphatic carbocycles. The summed E-state index contributed by atoms with van der Waals surface area (Å²) >= 11 is 0. The minimum atomic E-state index is -4.89. The highest BCUT2D eigenvalue weighted by Crippen LogP contribution is 2.38. The first-order valence-corrected chi connectivity index (χ1v) is 11.1. The van der Waals surface area contributed by atoms with Gasteiger partial charge >= 0.3 is 12.5 Å². The van der Waals surface area contributed by atoms with Gasteiger partial charge in [0.2, 0.25) is 0 Å². The fourth-order valence-electron chi connectivity index (χ4n) is 4.22. The minimum Gasteiger partial charge on any atom is -0.453 e. The Bertz CT molecular complexity index is 1610. The second kappa shape index (κ2) is 9.41. The van der Waals surface area contributed by atoms with Crippen LogP contribution >= 0.6 is 0 Å². The van der Waals surface area contributed by atoms with Crippen molar-refractivity contribution in [2.75, 3.05) is 7.11 Å². The van der Waals surface area contributed by atoms with Crippen molar-refractivity contribution in [2.24, 2.45) is 4.99 Å². The highest BCUT2D eigenvalue weighted by atomic mass is 19.4. The third-order valence-corrected chi connectivity index (χ3v) is 5.86. The van der Waals surface area contributed by atoms with Gasteiger partial charge in [0.15, 0.2) is 0 Å². The number of carbonyl (C=O) groups excluding carboxylic acids is 1. The zero-order chi connectivity index (χ0) is 26.2. The summed E-state index contributed by atoms with van der Waals surface area (Å²) in [7, 11) is 1.23. The van der Waals surface area contributed by atoms with Gasteiger partial charge in [0.05, 0.1) is 23.9 Å². The van der Waals surface area contributed by atoms with Crippen LogP contribution in [0.25, 0.3) is 21.9 Å². The van der Waals surface area contributed by atoms with E-state index in [1.807, 2.05) is 0 Å². The van der Waals surface area contributed by atoms with Crippen LogP contribution in [0.3, 0.4) is 0 Å². The second-order valence-corrected chi connectivity index (χ2v) is 8.30. The van der Waals surface area contributed by atoms with E-state index >= 15 is 0 Å². The van der Waals surface area contributed by atoms with Crippen LogP contribution < -0.4 is 15.6 Å². The molecular formula is C26H19F3N4O4. The summed E-state index contributed by atoms with van der Waals surface area (Å²) in [5.74, 6) is 0.000842. The van der Waals surface area contributed by atoms with E-state index in [9.17, 15) is 22.8 Å². The maximum atomic E-state index is 13.2. The first-order valence-electron chi connectivity index (χ1n) is 11.1. The molecule has 0 saturated carbocycles. The molecule has 2 N–H and O–H groups in total. The molecule has 1 aliphatic rings. The summed E-state index contributed by atoms with van der Waals surface area (Å²) in [5, 5.41) is 10.3. The molecular weight excluding hydrogens is 489 g/mol. The van der Waals surface area contributed by atoms with Gasteiger partial charge in [0.25, 0.3) is 5.56 Å². The number of nitrogens with zero attached hydrogens (tertiary/aromatic N) is 2. The van der Waals surface area contributed by atoms with Crippen molar-refractivity contribution >= 4 is 28.4 Å². The molecule has 11 heteroatoms. The molecule has 0 fully saturated rings. The number of amides is 1. The van der Waals surface area contributed by atoms with E-state index in [4.69, 9.17) is 0 Å². The second-order valence-electron chi connectivity index (χ2n) is 8.30. The first-order chi connectivity index (χ1) is 17.7. The monoisotopic (exact) mass is 508 g/mol. The van der Waals surface area contributed by atoms with Crippen molar-refractivity contribution < 1.29 is 27.4 Å². The van der Waals surface area contributed by atoms with Crippen molar-refractivity contribution in [3.05, 3.63) is 87.8 Å². The summed E-state index contributed by atoms with van der Waals surface area (Å²) in [6.07, 6.45) is -4.95. The molecule has 4 aromatic rings. The number of hydrogen-bond donors (Lipinski definition) is 2. The topological polar surface area (TPSA) is 106 Å². The van der Waals surface area contributed by atoms with Crippen LogP contribution in [0.1, 0.15) is 16.8 Å². The van der Waals surface area contributed by atoms with Crippen LogP contribution in [0.5, 0.6) is 5.75 Å². The number of fused-ring (bicyclic) bond motifs is 2. The SMILES string of the molecule is COC(=O)NC1=Nc2cc(-c3cc(Cc4n[nH]c(=O)c5ccccc45)ccc3OC(F)(F)F)ccc2C1. The Balaban J connectivity index is 1.54. The number of hydrogen-bond acceptors (Lipinski definition) is 6. The molecule has 188 valence electrons. The highest BCUT2D eigenvalue weighted by Gasteiger charge is 2.32. The third kappa shape index (κ3) is 5.15. The molecule has 0 spiro atoms. The lowest BCUT2D eigenvalue weighted by Crippen LogP contribution is -2.30. The van der Waals surface area contributed by atoms with Crippen molar-refractivity contribution in [3.63, 3.8) is 0 Å². The number of benzene rings is 3. The van der Waals surface area contributed by atoms with Crippen LogP contribution in [0.4, 0.5) is 23.7 Å². The fraction of sp³-hybridized carbons (Fsp3) is 0.154. The Morgan fingerprint density at radius 1 is 1.08 bits per heavy atom. The number of halogens is 3. The Kier molecular flexibility index (Phi) is 6.12. The smallest absolute Gasteiger partial charge is 0.453 e. The van der Waals surface area contributed by atoms with Gasteiger partial charge < -0.3 is 9.47 Å². The number of alkyl halides is 3.